The molecule has 0 amide bonds. The number of phosphoric ester groups is 1. The van der Waals surface area contributed by atoms with Crippen molar-refractivity contribution in [3.8, 4) is 11.9 Å². The van der Waals surface area contributed by atoms with Crippen LogP contribution in [0.15, 0.2) is 18.3 Å². The fourth-order valence-electron chi connectivity index (χ4n) is 3.66. The normalized spacial score (nSPS) is 13.9. The number of aromatic nitrogens is 1. The minimum atomic E-state index is -4.06. The van der Waals surface area contributed by atoms with Crippen molar-refractivity contribution >= 4 is 7.82 Å². The molecule has 0 aliphatic carbocycles. The number of nitriles is 1. The van der Waals surface area contributed by atoms with Crippen LogP contribution in [0, 0.1) is 11.3 Å². The third-order valence-electron chi connectivity index (χ3n) is 5.69. The molecule has 188 valence electrons. The molecule has 0 spiro atoms. The van der Waals surface area contributed by atoms with Crippen molar-refractivity contribution in [3.63, 3.8) is 0 Å². The molecule has 0 aliphatic heterocycles. The van der Waals surface area contributed by atoms with Crippen LogP contribution in [-0.2, 0) is 13.6 Å². The molecular formula is C25H43N2O5P. The number of ether oxygens (including phenoxy) is 1. The predicted octanol–water partition coefficient (Wildman–Crippen LogP) is 7.34. The predicted molar refractivity (Wildman–Crippen MR) is 131 cm³/mol. The highest BCUT2D eigenvalue weighted by atomic mass is 31.2. The van der Waals surface area contributed by atoms with E-state index < -0.39 is 13.9 Å². The first-order valence-corrected chi connectivity index (χ1v) is 14.1. The van der Waals surface area contributed by atoms with E-state index in [0.29, 0.717) is 17.9 Å². The van der Waals surface area contributed by atoms with Crippen LogP contribution in [0.1, 0.15) is 109 Å². The first-order chi connectivity index (χ1) is 16.0. The fourth-order valence-corrected chi connectivity index (χ4v) is 4.12. The second-order valence-corrected chi connectivity index (χ2v) is 10.1. The lowest BCUT2D eigenvalue weighted by atomic mass is 10.0. The lowest BCUT2D eigenvalue weighted by molar-refractivity contribution is 0.0850. The molecule has 2 atom stereocenters. The van der Waals surface area contributed by atoms with Crippen molar-refractivity contribution in [1.29, 1.82) is 5.26 Å². The molecule has 1 N–H and O–H groups in total. The molecule has 0 saturated carbocycles. The molecular weight excluding hydrogens is 439 g/mol. The molecule has 0 radical (unpaired) electrons. The van der Waals surface area contributed by atoms with Gasteiger partial charge < -0.3 is 9.63 Å². The third-order valence-corrected chi connectivity index (χ3v) is 6.62. The minimum Gasteiger partial charge on any atom is -0.472 e. The van der Waals surface area contributed by atoms with Crippen LogP contribution in [0.3, 0.4) is 0 Å². The molecule has 0 aliphatic rings. The van der Waals surface area contributed by atoms with E-state index in [0.717, 1.165) is 20.0 Å². The van der Waals surface area contributed by atoms with Gasteiger partial charge in [-0.3, -0.25) is 9.05 Å². The molecule has 33 heavy (non-hydrogen) atoms. The van der Waals surface area contributed by atoms with Crippen molar-refractivity contribution in [1.82, 2.24) is 4.98 Å². The van der Waals surface area contributed by atoms with E-state index >= 15 is 0 Å². The summed E-state index contributed by atoms with van der Waals surface area (Å²) in [6.07, 6.45) is 19.7. The summed E-state index contributed by atoms with van der Waals surface area (Å²) in [7, 11) is -2.93. The summed E-state index contributed by atoms with van der Waals surface area (Å²) in [6.45, 7) is 2.19. The number of pyridine rings is 1. The van der Waals surface area contributed by atoms with Crippen molar-refractivity contribution in [2.24, 2.45) is 0 Å². The Hall–Kier alpha value is -1.45. The Bertz CT molecular complexity index is 693. The van der Waals surface area contributed by atoms with Gasteiger partial charge >= 0.3 is 7.82 Å². The number of unbranched alkanes of at least 4 members (excludes halogenated alkanes) is 13. The Morgan fingerprint density at radius 2 is 1.52 bits per heavy atom. The van der Waals surface area contributed by atoms with E-state index in [-0.39, 0.29) is 6.61 Å². The molecule has 0 fully saturated rings. The number of hydrogen-bond acceptors (Lipinski definition) is 6. The number of phosphoric acid groups is 1. The Balaban J connectivity index is 2.20. The zero-order valence-corrected chi connectivity index (χ0v) is 21.4. The van der Waals surface area contributed by atoms with Gasteiger partial charge in [0.05, 0.1) is 12.2 Å². The number of nitrogens with zero attached hydrogens (tertiary/aromatic N) is 2. The van der Waals surface area contributed by atoms with Gasteiger partial charge in [0.25, 0.3) is 0 Å². The summed E-state index contributed by atoms with van der Waals surface area (Å²) in [5.41, 5.74) is 0.446. The largest absolute Gasteiger partial charge is 0.472 e. The van der Waals surface area contributed by atoms with Crippen molar-refractivity contribution < 1.29 is 23.2 Å². The highest BCUT2D eigenvalue weighted by Crippen LogP contribution is 2.42. The van der Waals surface area contributed by atoms with Crippen LogP contribution < -0.4 is 4.74 Å². The minimum absolute atomic E-state index is 0.0677. The maximum atomic E-state index is 11.6. The molecule has 1 rings (SSSR count). The van der Waals surface area contributed by atoms with E-state index in [1.165, 1.54) is 83.2 Å². The highest BCUT2D eigenvalue weighted by Gasteiger charge is 2.22. The average Bonchev–Trinajstić information content (AvgIpc) is 2.83. The lowest BCUT2D eigenvalue weighted by Gasteiger charge is -2.19. The van der Waals surface area contributed by atoms with E-state index in [1.54, 1.807) is 12.1 Å². The van der Waals surface area contributed by atoms with Crippen molar-refractivity contribution in [2.75, 3.05) is 13.7 Å². The quantitative estimate of drug-likeness (QED) is 0.144. The molecule has 0 saturated heterocycles. The SMILES string of the molecule is CCCCCCCCCCCCCCCC[C@H](COP(=O)(O)OC)Oc1ccc(C#N)cn1. The van der Waals surface area contributed by atoms with Gasteiger partial charge in [-0.25, -0.2) is 9.55 Å². The molecule has 1 aromatic heterocycles. The van der Waals surface area contributed by atoms with Crippen molar-refractivity contribution in [2.45, 2.75) is 109 Å². The molecule has 8 heteroatoms. The highest BCUT2D eigenvalue weighted by molar-refractivity contribution is 7.47. The Labute approximate surface area is 200 Å². The summed E-state index contributed by atoms with van der Waals surface area (Å²) < 4.78 is 27.0. The zero-order chi connectivity index (χ0) is 24.2. The van der Waals surface area contributed by atoms with Crippen LogP contribution in [0.4, 0.5) is 0 Å². The first-order valence-electron chi connectivity index (χ1n) is 12.6. The lowest BCUT2D eigenvalue weighted by Crippen LogP contribution is -2.23. The molecule has 1 aromatic rings. The van der Waals surface area contributed by atoms with Crippen LogP contribution in [-0.4, -0.2) is 29.7 Å². The van der Waals surface area contributed by atoms with E-state index in [9.17, 15) is 9.46 Å². The molecule has 0 bridgehead atoms. The zero-order valence-electron chi connectivity index (χ0n) is 20.5. The van der Waals surface area contributed by atoms with Gasteiger partial charge in [0, 0.05) is 19.4 Å². The van der Waals surface area contributed by atoms with E-state index in [1.807, 2.05) is 6.07 Å². The van der Waals surface area contributed by atoms with Crippen molar-refractivity contribution in [3.05, 3.63) is 23.9 Å². The Morgan fingerprint density at radius 3 is 1.97 bits per heavy atom. The summed E-state index contributed by atoms with van der Waals surface area (Å²) in [5.74, 6) is 0.359. The van der Waals surface area contributed by atoms with Gasteiger partial charge in [-0.1, -0.05) is 90.4 Å². The standard InChI is InChI=1S/C25H43N2O5P/c1-3-4-5-6-7-8-9-10-11-12-13-14-15-16-17-24(22-31-33(28,29)30-2)32-25-19-18-23(20-26)21-27-25/h18-19,21,24H,3-17,22H2,1-2H3,(H,28,29)/t24-/m1/s1. The summed E-state index contributed by atoms with van der Waals surface area (Å²) in [5, 5.41) is 8.88. The maximum absolute atomic E-state index is 11.6. The molecule has 1 unspecified atom stereocenters. The number of hydrogen-bond donors (Lipinski definition) is 1. The second kappa shape index (κ2) is 18.9. The van der Waals surface area contributed by atoms with Gasteiger partial charge in [-0.05, 0) is 18.9 Å². The van der Waals surface area contributed by atoms with E-state index in [4.69, 9.17) is 14.5 Å². The van der Waals surface area contributed by atoms with Gasteiger partial charge in [0.1, 0.15) is 12.2 Å². The second-order valence-electron chi connectivity index (χ2n) is 8.57. The Kier molecular flexibility index (Phi) is 17.0. The fraction of sp³-hybridized carbons (Fsp3) is 0.760. The Morgan fingerprint density at radius 1 is 0.970 bits per heavy atom. The van der Waals surface area contributed by atoms with Crippen LogP contribution in [0.25, 0.3) is 0 Å². The summed E-state index contributed by atoms with van der Waals surface area (Å²) in [4.78, 5) is 13.6. The van der Waals surface area contributed by atoms with E-state index in [2.05, 4.69) is 16.4 Å². The van der Waals surface area contributed by atoms with Crippen LogP contribution in [0.2, 0.25) is 0 Å². The summed E-state index contributed by atoms with van der Waals surface area (Å²) in [6, 6.07) is 5.25. The van der Waals surface area contributed by atoms with Gasteiger partial charge in [-0.15, -0.1) is 0 Å². The molecule has 1 heterocycles. The number of rotatable bonds is 21. The average molecular weight is 483 g/mol. The maximum Gasteiger partial charge on any atom is 0.472 e. The van der Waals surface area contributed by atoms with Gasteiger partial charge in [0.15, 0.2) is 0 Å². The van der Waals surface area contributed by atoms with Crippen LogP contribution in [0.5, 0.6) is 5.88 Å². The molecule has 7 nitrogen and oxygen atoms in total. The summed E-state index contributed by atoms with van der Waals surface area (Å²) >= 11 is 0. The van der Waals surface area contributed by atoms with Gasteiger partial charge in [-0.2, -0.15) is 5.26 Å². The van der Waals surface area contributed by atoms with Gasteiger partial charge in [0.2, 0.25) is 5.88 Å². The first kappa shape index (κ1) is 29.6. The van der Waals surface area contributed by atoms with Crippen LogP contribution >= 0.6 is 7.82 Å². The third kappa shape index (κ3) is 15.9. The smallest absolute Gasteiger partial charge is 0.472 e. The molecule has 0 aromatic carbocycles. The monoisotopic (exact) mass is 482 g/mol. The topological polar surface area (TPSA) is 102 Å².